The SMILES string of the molecule is CCN1CCN(c2cc(CNC(=O)C3(c4ccccc4Cl)CCOCC3)ccn2)CC1. The van der Waals surface area contributed by atoms with Crippen LogP contribution in [0.3, 0.4) is 0 Å². The number of amides is 1. The molecule has 2 aliphatic heterocycles. The summed E-state index contributed by atoms with van der Waals surface area (Å²) in [5.41, 5.74) is 1.29. The van der Waals surface area contributed by atoms with Gasteiger partial charge in [0, 0.05) is 57.2 Å². The van der Waals surface area contributed by atoms with E-state index in [1.165, 1.54) is 0 Å². The van der Waals surface area contributed by atoms with Gasteiger partial charge in [-0.2, -0.15) is 0 Å². The van der Waals surface area contributed by atoms with Crippen LogP contribution in [0.4, 0.5) is 5.82 Å². The number of halogens is 1. The highest BCUT2D eigenvalue weighted by Crippen LogP contribution is 2.39. The Morgan fingerprint density at radius 1 is 1.16 bits per heavy atom. The Balaban J connectivity index is 1.46. The minimum Gasteiger partial charge on any atom is -0.381 e. The average Bonchev–Trinajstić information content (AvgIpc) is 2.83. The van der Waals surface area contributed by atoms with Crippen molar-refractivity contribution in [2.24, 2.45) is 0 Å². The lowest BCUT2D eigenvalue weighted by atomic mass is 9.73. The molecule has 0 atom stereocenters. The van der Waals surface area contributed by atoms with Gasteiger partial charge in [0.2, 0.25) is 5.91 Å². The van der Waals surface area contributed by atoms with Crippen molar-refractivity contribution in [2.45, 2.75) is 31.7 Å². The van der Waals surface area contributed by atoms with E-state index in [1.54, 1.807) is 0 Å². The number of carbonyl (C=O) groups excluding carboxylic acids is 1. The first kappa shape index (κ1) is 22.1. The Labute approximate surface area is 189 Å². The maximum absolute atomic E-state index is 13.4. The maximum Gasteiger partial charge on any atom is 0.231 e. The monoisotopic (exact) mass is 442 g/mol. The highest BCUT2D eigenvalue weighted by atomic mass is 35.5. The summed E-state index contributed by atoms with van der Waals surface area (Å²) in [6, 6.07) is 11.7. The molecule has 1 N–H and O–H groups in total. The molecule has 0 saturated carbocycles. The molecular weight excluding hydrogens is 412 g/mol. The Kier molecular flexibility index (Phi) is 7.10. The number of hydrogen-bond acceptors (Lipinski definition) is 5. The molecule has 6 nitrogen and oxygen atoms in total. The van der Waals surface area contributed by atoms with Crippen molar-refractivity contribution >= 4 is 23.3 Å². The Bertz CT molecular complexity index is 893. The van der Waals surface area contributed by atoms with Crippen LogP contribution in [0.25, 0.3) is 0 Å². The molecule has 1 aromatic heterocycles. The predicted molar refractivity (Wildman–Crippen MR) is 124 cm³/mol. The molecule has 7 heteroatoms. The summed E-state index contributed by atoms with van der Waals surface area (Å²) < 4.78 is 5.56. The van der Waals surface area contributed by atoms with Crippen LogP contribution in [-0.2, 0) is 21.5 Å². The molecule has 3 heterocycles. The molecule has 4 rings (SSSR count). The molecule has 31 heavy (non-hydrogen) atoms. The van der Waals surface area contributed by atoms with Gasteiger partial charge in [0.15, 0.2) is 0 Å². The standard InChI is InChI=1S/C24H31ClN4O2/c1-2-28-11-13-29(14-12-28)22-17-19(7-10-26-22)18-27-23(30)24(8-15-31-16-9-24)20-5-3-4-6-21(20)25/h3-7,10,17H,2,8-9,11-16,18H2,1H3,(H,27,30). The maximum atomic E-state index is 13.4. The fourth-order valence-corrected chi connectivity index (χ4v) is 4.89. The number of anilines is 1. The number of hydrogen-bond donors (Lipinski definition) is 1. The second-order valence-corrected chi connectivity index (χ2v) is 8.71. The normalized spacial score (nSPS) is 19.2. The number of piperazine rings is 1. The van der Waals surface area contributed by atoms with Crippen LogP contribution >= 0.6 is 11.6 Å². The van der Waals surface area contributed by atoms with Crippen molar-refractivity contribution in [3.8, 4) is 0 Å². The van der Waals surface area contributed by atoms with E-state index in [0.717, 1.165) is 49.7 Å². The molecule has 1 amide bonds. The van der Waals surface area contributed by atoms with Crippen LogP contribution in [0, 0.1) is 0 Å². The van der Waals surface area contributed by atoms with Crippen molar-refractivity contribution in [3.05, 3.63) is 58.7 Å². The lowest BCUT2D eigenvalue weighted by Crippen LogP contribution is -2.48. The summed E-state index contributed by atoms with van der Waals surface area (Å²) in [6.07, 6.45) is 3.10. The number of nitrogens with zero attached hydrogens (tertiary/aromatic N) is 3. The minimum atomic E-state index is -0.650. The lowest BCUT2D eigenvalue weighted by Gasteiger charge is -2.37. The molecule has 2 saturated heterocycles. The number of ether oxygens (including phenoxy) is 1. The number of benzene rings is 1. The summed E-state index contributed by atoms with van der Waals surface area (Å²) in [6.45, 7) is 8.94. The minimum absolute atomic E-state index is 0.0128. The second kappa shape index (κ2) is 9.98. The molecule has 2 fully saturated rings. The summed E-state index contributed by atoms with van der Waals surface area (Å²) >= 11 is 6.50. The molecule has 1 aromatic carbocycles. The van der Waals surface area contributed by atoms with Gasteiger partial charge in [0.25, 0.3) is 0 Å². The Morgan fingerprint density at radius 2 is 1.90 bits per heavy atom. The van der Waals surface area contributed by atoms with E-state index >= 15 is 0 Å². The smallest absolute Gasteiger partial charge is 0.231 e. The molecule has 0 aliphatic carbocycles. The molecule has 166 valence electrons. The average molecular weight is 443 g/mol. The Hall–Kier alpha value is -2.15. The van der Waals surface area contributed by atoms with E-state index in [9.17, 15) is 4.79 Å². The van der Waals surface area contributed by atoms with Crippen LogP contribution in [0.1, 0.15) is 30.9 Å². The summed E-state index contributed by atoms with van der Waals surface area (Å²) in [5, 5.41) is 3.81. The number of nitrogens with one attached hydrogen (secondary N) is 1. The van der Waals surface area contributed by atoms with Crippen LogP contribution in [0.15, 0.2) is 42.6 Å². The molecular formula is C24H31ClN4O2. The third-order valence-electron chi connectivity index (χ3n) is 6.58. The van der Waals surface area contributed by atoms with Crippen molar-refractivity contribution in [1.82, 2.24) is 15.2 Å². The van der Waals surface area contributed by atoms with E-state index in [2.05, 4.69) is 33.1 Å². The first-order chi connectivity index (χ1) is 15.1. The van der Waals surface area contributed by atoms with Crippen LogP contribution in [0.2, 0.25) is 5.02 Å². The van der Waals surface area contributed by atoms with E-state index < -0.39 is 5.41 Å². The topological polar surface area (TPSA) is 57.7 Å². The summed E-state index contributed by atoms with van der Waals surface area (Å²) in [7, 11) is 0. The van der Waals surface area contributed by atoms with E-state index in [-0.39, 0.29) is 5.91 Å². The third kappa shape index (κ3) is 4.86. The van der Waals surface area contributed by atoms with Crippen LogP contribution < -0.4 is 10.2 Å². The van der Waals surface area contributed by atoms with Gasteiger partial charge in [-0.15, -0.1) is 0 Å². The largest absolute Gasteiger partial charge is 0.381 e. The van der Waals surface area contributed by atoms with Crippen molar-refractivity contribution in [2.75, 3.05) is 50.8 Å². The van der Waals surface area contributed by atoms with Gasteiger partial charge in [-0.25, -0.2) is 4.98 Å². The first-order valence-electron chi connectivity index (χ1n) is 11.2. The molecule has 0 radical (unpaired) electrons. The fourth-order valence-electron chi connectivity index (χ4n) is 4.58. The first-order valence-corrected chi connectivity index (χ1v) is 11.5. The number of carbonyl (C=O) groups is 1. The Morgan fingerprint density at radius 3 is 2.61 bits per heavy atom. The zero-order valence-electron chi connectivity index (χ0n) is 18.1. The second-order valence-electron chi connectivity index (χ2n) is 8.30. The predicted octanol–water partition coefficient (Wildman–Crippen LogP) is 3.24. The van der Waals surface area contributed by atoms with Gasteiger partial charge in [0.1, 0.15) is 5.82 Å². The fraction of sp³-hybridized carbons (Fsp3) is 0.500. The summed E-state index contributed by atoms with van der Waals surface area (Å²) in [4.78, 5) is 22.8. The molecule has 0 spiro atoms. The molecule has 0 unspecified atom stereocenters. The van der Waals surface area contributed by atoms with Gasteiger partial charge in [-0.05, 0) is 48.7 Å². The van der Waals surface area contributed by atoms with Crippen LogP contribution in [-0.4, -0.2) is 61.7 Å². The summed E-state index contributed by atoms with van der Waals surface area (Å²) in [5.74, 6) is 0.994. The highest BCUT2D eigenvalue weighted by Gasteiger charge is 2.42. The van der Waals surface area contributed by atoms with Gasteiger partial charge in [-0.3, -0.25) is 4.79 Å². The van der Waals surface area contributed by atoms with E-state index in [0.29, 0.717) is 37.6 Å². The number of rotatable bonds is 6. The van der Waals surface area contributed by atoms with Gasteiger partial charge in [0.05, 0.1) is 5.41 Å². The third-order valence-corrected chi connectivity index (χ3v) is 6.91. The number of likely N-dealkylation sites (N-methyl/N-ethyl adjacent to an activating group) is 1. The molecule has 0 bridgehead atoms. The van der Waals surface area contributed by atoms with Crippen molar-refractivity contribution in [3.63, 3.8) is 0 Å². The molecule has 2 aliphatic rings. The van der Waals surface area contributed by atoms with Gasteiger partial charge < -0.3 is 19.9 Å². The van der Waals surface area contributed by atoms with Gasteiger partial charge >= 0.3 is 0 Å². The van der Waals surface area contributed by atoms with Crippen LogP contribution in [0.5, 0.6) is 0 Å². The quantitative estimate of drug-likeness (QED) is 0.744. The lowest BCUT2D eigenvalue weighted by molar-refractivity contribution is -0.130. The zero-order chi connectivity index (χ0) is 21.7. The number of pyridine rings is 1. The van der Waals surface area contributed by atoms with Gasteiger partial charge in [-0.1, -0.05) is 36.7 Å². The molecule has 2 aromatic rings. The number of aromatic nitrogens is 1. The highest BCUT2D eigenvalue weighted by molar-refractivity contribution is 6.31. The zero-order valence-corrected chi connectivity index (χ0v) is 18.9. The van der Waals surface area contributed by atoms with E-state index in [4.69, 9.17) is 16.3 Å². The van der Waals surface area contributed by atoms with Crippen molar-refractivity contribution < 1.29 is 9.53 Å². The van der Waals surface area contributed by atoms with Crippen molar-refractivity contribution in [1.29, 1.82) is 0 Å². The van der Waals surface area contributed by atoms with E-state index in [1.807, 2.05) is 36.5 Å².